The predicted octanol–water partition coefficient (Wildman–Crippen LogP) is 6.72. The molecule has 1 aromatic carbocycles. The Kier molecular flexibility index (Phi) is 7.47. The van der Waals surface area contributed by atoms with E-state index in [0.717, 1.165) is 43.6 Å². The van der Waals surface area contributed by atoms with Crippen molar-refractivity contribution in [2.45, 2.75) is 95.5 Å². The number of unbranched alkanes of at least 4 members (excludes halogenated alkanes) is 3. The average molecular weight is 591 g/mol. The molecule has 190 valence electrons. The molecule has 4 nitrogen and oxygen atoms in total. The molecule has 5 heteroatoms. The van der Waals surface area contributed by atoms with Crippen LogP contribution in [0.2, 0.25) is 0 Å². The van der Waals surface area contributed by atoms with E-state index >= 15 is 0 Å². The second-order valence-corrected chi connectivity index (χ2v) is 12.7. The average Bonchev–Trinajstić information content (AvgIpc) is 3.14. The molecule has 0 heterocycles. The van der Waals surface area contributed by atoms with Crippen molar-refractivity contribution in [3.05, 3.63) is 41.0 Å². The van der Waals surface area contributed by atoms with Crippen LogP contribution in [0.15, 0.2) is 35.4 Å². The molecule has 0 aromatic heterocycles. The number of carbonyl (C=O) groups excluding carboxylic acids is 2. The first-order chi connectivity index (χ1) is 16.9. The van der Waals surface area contributed by atoms with E-state index in [1.165, 1.54) is 34.8 Å². The number of hydrogen-bond donors (Lipinski definition) is 1. The quantitative estimate of drug-likeness (QED) is 0.158. The maximum atomic E-state index is 13.1. The number of alkyl halides is 1. The van der Waals surface area contributed by atoms with E-state index in [9.17, 15) is 14.7 Å². The lowest BCUT2D eigenvalue weighted by Gasteiger charge is -2.53. The van der Waals surface area contributed by atoms with Crippen molar-refractivity contribution >= 4 is 34.2 Å². The zero-order chi connectivity index (χ0) is 24.6. The summed E-state index contributed by atoms with van der Waals surface area (Å²) in [7, 11) is 0. The largest absolute Gasteiger partial charge is 0.494 e. The first-order valence-corrected chi connectivity index (χ1v) is 15.2. The van der Waals surface area contributed by atoms with E-state index in [1.807, 2.05) is 0 Å². The van der Waals surface area contributed by atoms with Gasteiger partial charge in [-0.2, -0.15) is 0 Å². The minimum absolute atomic E-state index is 0.126. The molecule has 0 bridgehead atoms. The number of allylic oxidation sites excluding steroid dienone is 1. The first-order valence-electron chi connectivity index (χ1n) is 13.7. The fraction of sp³-hybridized carbons (Fsp3) is 0.667. The lowest BCUT2D eigenvalue weighted by molar-refractivity contribution is -0.129. The van der Waals surface area contributed by atoms with Gasteiger partial charge in [0.05, 0.1) is 12.2 Å². The molecule has 3 saturated carbocycles. The summed E-state index contributed by atoms with van der Waals surface area (Å²) >= 11 is 2.43. The van der Waals surface area contributed by atoms with Gasteiger partial charge in [0.1, 0.15) is 17.3 Å². The summed E-state index contributed by atoms with van der Waals surface area (Å²) in [6.07, 6.45) is 10.3. The van der Waals surface area contributed by atoms with Crippen molar-refractivity contribution in [3.8, 4) is 5.75 Å². The Bertz CT molecular complexity index is 998. The number of aliphatic hydroxyl groups is 1. The van der Waals surface area contributed by atoms with E-state index in [0.29, 0.717) is 43.3 Å². The molecule has 4 aliphatic rings. The van der Waals surface area contributed by atoms with Crippen molar-refractivity contribution in [3.63, 3.8) is 0 Å². The number of ketones is 2. The molecule has 1 aromatic rings. The third kappa shape index (κ3) is 4.76. The highest BCUT2D eigenvalue weighted by Crippen LogP contribution is 2.63. The molecule has 0 spiro atoms. The third-order valence-corrected chi connectivity index (χ3v) is 10.3. The van der Waals surface area contributed by atoms with Crippen molar-refractivity contribution in [2.75, 3.05) is 11.0 Å². The number of halogens is 1. The molecule has 4 aliphatic carbocycles. The van der Waals surface area contributed by atoms with Gasteiger partial charge in [-0.05, 0) is 84.5 Å². The van der Waals surface area contributed by atoms with Crippen LogP contribution in [0.25, 0.3) is 0 Å². The minimum atomic E-state index is -0.976. The van der Waals surface area contributed by atoms with Crippen molar-refractivity contribution in [1.29, 1.82) is 0 Å². The molecule has 35 heavy (non-hydrogen) atoms. The van der Waals surface area contributed by atoms with E-state index < -0.39 is 5.60 Å². The van der Waals surface area contributed by atoms with Gasteiger partial charge in [-0.3, -0.25) is 9.59 Å². The molecule has 3 fully saturated rings. The van der Waals surface area contributed by atoms with Gasteiger partial charge in [-0.25, -0.2) is 0 Å². The van der Waals surface area contributed by atoms with Crippen LogP contribution in [0.3, 0.4) is 0 Å². The highest BCUT2D eigenvalue weighted by Gasteiger charge is 2.58. The van der Waals surface area contributed by atoms with Gasteiger partial charge < -0.3 is 9.84 Å². The third-order valence-electron chi connectivity index (χ3n) is 9.53. The fourth-order valence-electron chi connectivity index (χ4n) is 7.71. The highest BCUT2D eigenvalue weighted by atomic mass is 127. The highest BCUT2D eigenvalue weighted by molar-refractivity contribution is 14.1. The molecule has 0 amide bonds. The number of Topliss-reactive ketones (excluding diaryl/α,β-unsaturated/α-hetero) is 2. The fourth-order valence-corrected chi connectivity index (χ4v) is 8.25. The van der Waals surface area contributed by atoms with Crippen molar-refractivity contribution < 1.29 is 19.4 Å². The van der Waals surface area contributed by atoms with Crippen LogP contribution >= 0.6 is 22.6 Å². The molecular formula is C30H39IO4. The molecular weight excluding hydrogens is 551 g/mol. The number of fused-ring (bicyclic) bond motifs is 4. The van der Waals surface area contributed by atoms with Crippen LogP contribution in [0.5, 0.6) is 5.75 Å². The number of benzene rings is 1. The summed E-state index contributed by atoms with van der Waals surface area (Å²) in [6.45, 7) is 2.94. The molecule has 5 atom stereocenters. The normalized spacial score (nSPS) is 34.4. The second kappa shape index (κ2) is 10.3. The summed E-state index contributed by atoms with van der Waals surface area (Å²) in [5.41, 5.74) is 2.45. The first kappa shape index (κ1) is 25.4. The van der Waals surface area contributed by atoms with E-state index in [1.54, 1.807) is 0 Å². The Morgan fingerprint density at radius 2 is 1.80 bits per heavy atom. The standard InChI is InChI=1S/C30H39IO4/c1-29-19-24(20-6-9-22(10-7-20)35-17-5-3-2-4-16-31)28-23(25(29)12-13-27(29)33)14-15-30(34)18-21(32)8-11-26(28)30/h6-7,9-10,23-25,34H,2-5,8,11-19H2,1H3/t23-,24+,25-,29-,30+/m0/s1. The van der Waals surface area contributed by atoms with Crippen LogP contribution in [0, 0.1) is 17.3 Å². The van der Waals surface area contributed by atoms with E-state index in [4.69, 9.17) is 4.74 Å². The lowest BCUT2D eigenvalue weighted by atomic mass is 9.51. The van der Waals surface area contributed by atoms with Crippen LogP contribution in [0.4, 0.5) is 0 Å². The van der Waals surface area contributed by atoms with E-state index in [2.05, 4.69) is 53.8 Å². The van der Waals surface area contributed by atoms with Crippen molar-refractivity contribution in [2.24, 2.45) is 17.3 Å². The van der Waals surface area contributed by atoms with E-state index in [-0.39, 0.29) is 23.5 Å². The zero-order valence-corrected chi connectivity index (χ0v) is 23.1. The van der Waals surface area contributed by atoms with Gasteiger partial charge in [-0.15, -0.1) is 0 Å². The Hall–Kier alpha value is -1.21. The summed E-state index contributed by atoms with van der Waals surface area (Å²) in [6, 6.07) is 8.49. The SMILES string of the molecule is C[C@]12C[C@H](c3ccc(OCCCCCCI)cc3)C3=C4CCC(=O)C[C@]4(O)CC[C@H]3[C@@H]1CCC2=O. The summed E-state index contributed by atoms with van der Waals surface area (Å²) in [5, 5.41) is 11.6. The van der Waals surface area contributed by atoms with Crippen LogP contribution < -0.4 is 4.74 Å². The molecule has 0 radical (unpaired) electrons. The molecule has 0 saturated heterocycles. The maximum absolute atomic E-state index is 13.1. The van der Waals surface area contributed by atoms with Gasteiger partial charge in [-0.1, -0.05) is 60.1 Å². The van der Waals surface area contributed by atoms with Gasteiger partial charge in [0.2, 0.25) is 0 Å². The summed E-state index contributed by atoms with van der Waals surface area (Å²) in [5.74, 6) is 2.33. The molecule has 0 unspecified atom stereocenters. The second-order valence-electron chi connectivity index (χ2n) is 11.6. The predicted molar refractivity (Wildman–Crippen MR) is 146 cm³/mol. The topological polar surface area (TPSA) is 63.6 Å². The molecule has 1 N–H and O–H groups in total. The Morgan fingerprint density at radius 1 is 1.03 bits per heavy atom. The number of carbonyl (C=O) groups is 2. The monoisotopic (exact) mass is 590 g/mol. The van der Waals surface area contributed by atoms with Gasteiger partial charge in [0, 0.05) is 30.6 Å². The van der Waals surface area contributed by atoms with Crippen LogP contribution in [-0.4, -0.2) is 33.3 Å². The minimum Gasteiger partial charge on any atom is -0.494 e. The Morgan fingerprint density at radius 3 is 2.57 bits per heavy atom. The Labute approximate surface area is 223 Å². The maximum Gasteiger partial charge on any atom is 0.139 e. The van der Waals surface area contributed by atoms with Crippen LogP contribution in [0.1, 0.15) is 95.5 Å². The number of ether oxygens (including phenoxy) is 1. The number of rotatable bonds is 8. The van der Waals surface area contributed by atoms with Crippen molar-refractivity contribution in [1.82, 2.24) is 0 Å². The summed E-state index contributed by atoms with van der Waals surface area (Å²) < 4.78 is 7.23. The Balaban J connectivity index is 1.42. The number of hydrogen-bond acceptors (Lipinski definition) is 4. The van der Waals surface area contributed by atoms with Gasteiger partial charge in [0.25, 0.3) is 0 Å². The lowest BCUT2D eigenvalue weighted by Crippen LogP contribution is -2.49. The zero-order valence-electron chi connectivity index (χ0n) is 21.0. The van der Waals surface area contributed by atoms with Gasteiger partial charge in [0.15, 0.2) is 0 Å². The van der Waals surface area contributed by atoms with Crippen LogP contribution in [-0.2, 0) is 9.59 Å². The molecule has 5 rings (SSSR count). The smallest absolute Gasteiger partial charge is 0.139 e. The van der Waals surface area contributed by atoms with Gasteiger partial charge >= 0.3 is 0 Å². The molecule has 0 aliphatic heterocycles. The summed E-state index contributed by atoms with van der Waals surface area (Å²) in [4.78, 5) is 25.4.